The van der Waals surface area contributed by atoms with E-state index in [1.54, 1.807) is 0 Å². The third-order valence-corrected chi connectivity index (χ3v) is 2.81. The second-order valence-corrected chi connectivity index (χ2v) is 4.10. The summed E-state index contributed by atoms with van der Waals surface area (Å²) in [6.07, 6.45) is 5.95. The predicted molar refractivity (Wildman–Crippen MR) is 56.1 cm³/mol. The molecule has 0 atom stereocenters. The van der Waals surface area contributed by atoms with Crippen LogP contribution in [0.4, 0.5) is 0 Å². The topological polar surface area (TPSA) is 15.6 Å². The Balaban J connectivity index is 2.21. The molecule has 1 fully saturated rings. The van der Waals surface area contributed by atoms with Gasteiger partial charge in [0.25, 0.3) is 0 Å². The van der Waals surface area contributed by atoms with Crippen molar-refractivity contribution in [1.82, 2.24) is 4.90 Å². The number of piperidine rings is 1. The van der Waals surface area contributed by atoms with Gasteiger partial charge in [-0.05, 0) is 33.1 Å². The molecule has 13 heavy (non-hydrogen) atoms. The molecule has 0 amide bonds. The smallest absolute Gasteiger partial charge is 0.0579 e. The van der Waals surface area contributed by atoms with Crippen LogP contribution in [0, 0.1) is 0 Å². The van der Waals surface area contributed by atoms with E-state index in [0.29, 0.717) is 6.04 Å². The molecule has 0 unspecified atom stereocenters. The summed E-state index contributed by atoms with van der Waals surface area (Å²) in [6.45, 7) is 6.74. The van der Waals surface area contributed by atoms with Crippen LogP contribution in [0.1, 0.15) is 33.1 Å². The number of likely N-dealkylation sites (tertiary alicyclic amines) is 1. The minimum Gasteiger partial charge on any atom is -0.368 e. The Morgan fingerprint density at radius 1 is 1.46 bits per heavy atom. The fourth-order valence-corrected chi connectivity index (χ4v) is 2.16. The van der Waals surface area contributed by atoms with Crippen LogP contribution in [0.25, 0.3) is 0 Å². The summed E-state index contributed by atoms with van der Waals surface area (Å²) in [7, 11) is 0. The third-order valence-electron chi connectivity index (χ3n) is 2.81. The maximum absolute atomic E-state index is 4.59. The highest BCUT2D eigenvalue weighted by Gasteiger charge is 2.23. The molecular formula is C11H18N2. The summed E-state index contributed by atoms with van der Waals surface area (Å²) in [4.78, 5) is 7.08. The summed E-state index contributed by atoms with van der Waals surface area (Å²) < 4.78 is 0. The summed E-state index contributed by atoms with van der Waals surface area (Å²) >= 11 is 0. The van der Waals surface area contributed by atoms with Crippen LogP contribution < -0.4 is 0 Å². The minimum absolute atomic E-state index is 0.620. The Hall–Kier alpha value is -0.790. The first-order valence-electron chi connectivity index (χ1n) is 5.29. The van der Waals surface area contributed by atoms with Crippen LogP contribution in [0.5, 0.6) is 0 Å². The van der Waals surface area contributed by atoms with Crippen LogP contribution in [-0.4, -0.2) is 29.7 Å². The van der Waals surface area contributed by atoms with Gasteiger partial charge in [0, 0.05) is 19.1 Å². The van der Waals surface area contributed by atoms with Crippen molar-refractivity contribution in [2.24, 2.45) is 4.99 Å². The van der Waals surface area contributed by atoms with Crippen molar-refractivity contribution in [1.29, 1.82) is 0 Å². The highest BCUT2D eigenvalue weighted by atomic mass is 15.2. The van der Waals surface area contributed by atoms with Crippen molar-refractivity contribution in [3.05, 3.63) is 11.8 Å². The van der Waals surface area contributed by atoms with Gasteiger partial charge >= 0.3 is 0 Å². The molecule has 0 bridgehead atoms. The number of fused-ring (bicyclic) bond motifs is 1. The SMILES string of the molecule is CC(C)N1CCCC2=NCCC=C21. The molecule has 2 heterocycles. The summed E-state index contributed by atoms with van der Waals surface area (Å²) in [5, 5.41) is 0. The average molecular weight is 178 g/mol. The number of rotatable bonds is 1. The zero-order chi connectivity index (χ0) is 9.26. The third kappa shape index (κ3) is 1.62. The molecule has 0 aromatic carbocycles. The number of allylic oxidation sites excluding steroid dienone is 1. The molecule has 2 aliphatic heterocycles. The molecule has 0 spiro atoms. The van der Waals surface area contributed by atoms with Crippen molar-refractivity contribution >= 4 is 5.71 Å². The average Bonchev–Trinajstić information content (AvgIpc) is 2.17. The van der Waals surface area contributed by atoms with E-state index in [9.17, 15) is 0 Å². The van der Waals surface area contributed by atoms with Crippen molar-refractivity contribution in [3.63, 3.8) is 0 Å². The van der Waals surface area contributed by atoms with E-state index in [4.69, 9.17) is 0 Å². The number of nitrogens with zero attached hydrogens (tertiary/aromatic N) is 2. The Bertz CT molecular complexity index is 251. The Labute approximate surface area is 80.3 Å². The maximum atomic E-state index is 4.59. The predicted octanol–water partition coefficient (Wildman–Crippen LogP) is 2.22. The second-order valence-electron chi connectivity index (χ2n) is 4.10. The quantitative estimate of drug-likeness (QED) is 0.601. The highest BCUT2D eigenvalue weighted by molar-refractivity contribution is 6.00. The Kier molecular flexibility index (Phi) is 2.38. The van der Waals surface area contributed by atoms with E-state index in [1.165, 1.54) is 30.8 Å². The van der Waals surface area contributed by atoms with Gasteiger partial charge in [-0.15, -0.1) is 0 Å². The van der Waals surface area contributed by atoms with Crippen molar-refractivity contribution in [3.8, 4) is 0 Å². The largest absolute Gasteiger partial charge is 0.368 e. The fourth-order valence-electron chi connectivity index (χ4n) is 2.16. The standard InChI is InChI=1S/C11H18N2/c1-9(2)13-8-4-5-10-11(13)6-3-7-12-10/h6,9H,3-5,7-8H2,1-2H3. The maximum Gasteiger partial charge on any atom is 0.0579 e. The molecule has 0 aliphatic carbocycles. The molecule has 2 aliphatic rings. The molecule has 2 heteroatoms. The van der Waals surface area contributed by atoms with Gasteiger partial charge in [0.15, 0.2) is 0 Å². The number of hydrogen-bond donors (Lipinski definition) is 0. The van der Waals surface area contributed by atoms with Crippen LogP contribution in [0.2, 0.25) is 0 Å². The molecule has 0 radical (unpaired) electrons. The lowest BCUT2D eigenvalue weighted by atomic mass is 10.0. The van der Waals surface area contributed by atoms with Gasteiger partial charge in [-0.1, -0.05) is 6.08 Å². The molecule has 72 valence electrons. The molecule has 0 N–H and O–H groups in total. The molecule has 0 aromatic rings. The second kappa shape index (κ2) is 3.52. The summed E-state index contributed by atoms with van der Waals surface area (Å²) in [5.41, 5.74) is 2.78. The summed E-state index contributed by atoms with van der Waals surface area (Å²) in [5.74, 6) is 0. The van der Waals surface area contributed by atoms with E-state index < -0.39 is 0 Å². The normalized spacial score (nSPS) is 22.5. The van der Waals surface area contributed by atoms with Gasteiger partial charge in [-0.25, -0.2) is 0 Å². The first kappa shape index (κ1) is 8.79. The Morgan fingerprint density at radius 2 is 2.31 bits per heavy atom. The van der Waals surface area contributed by atoms with E-state index in [2.05, 4.69) is 29.8 Å². The molecule has 2 rings (SSSR count). The Morgan fingerprint density at radius 3 is 3.08 bits per heavy atom. The molecule has 2 nitrogen and oxygen atoms in total. The van der Waals surface area contributed by atoms with Crippen LogP contribution in [0.15, 0.2) is 16.8 Å². The first-order chi connectivity index (χ1) is 6.29. The van der Waals surface area contributed by atoms with Crippen molar-refractivity contribution in [2.75, 3.05) is 13.1 Å². The molecule has 1 saturated heterocycles. The van der Waals surface area contributed by atoms with Crippen molar-refractivity contribution < 1.29 is 0 Å². The van der Waals surface area contributed by atoms with Crippen LogP contribution in [0.3, 0.4) is 0 Å². The van der Waals surface area contributed by atoms with Gasteiger partial charge in [-0.3, -0.25) is 4.99 Å². The summed E-state index contributed by atoms with van der Waals surface area (Å²) in [6, 6.07) is 0.620. The molecular weight excluding hydrogens is 160 g/mol. The molecule has 0 aromatic heterocycles. The van der Waals surface area contributed by atoms with Gasteiger partial charge in [0.2, 0.25) is 0 Å². The zero-order valence-electron chi connectivity index (χ0n) is 8.58. The van der Waals surface area contributed by atoms with E-state index in [0.717, 1.165) is 13.0 Å². The van der Waals surface area contributed by atoms with Gasteiger partial charge in [0.05, 0.1) is 11.4 Å². The van der Waals surface area contributed by atoms with Gasteiger partial charge in [0.1, 0.15) is 0 Å². The fraction of sp³-hybridized carbons (Fsp3) is 0.727. The number of hydrogen-bond acceptors (Lipinski definition) is 2. The lowest BCUT2D eigenvalue weighted by molar-refractivity contribution is 0.281. The molecule has 0 saturated carbocycles. The number of dihydropyridines is 1. The van der Waals surface area contributed by atoms with Crippen LogP contribution >= 0.6 is 0 Å². The van der Waals surface area contributed by atoms with Crippen LogP contribution in [-0.2, 0) is 0 Å². The first-order valence-corrected chi connectivity index (χ1v) is 5.29. The number of aliphatic imine (C=N–C) groups is 1. The van der Waals surface area contributed by atoms with E-state index in [-0.39, 0.29) is 0 Å². The van der Waals surface area contributed by atoms with E-state index >= 15 is 0 Å². The van der Waals surface area contributed by atoms with E-state index in [1.807, 2.05) is 0 Å². The monoisotopic (exact) mass is 178 g/mol. The highest BCUT2D eigenvalue weighted by Crippen LogP contribution is 2.23. The van der Waals surface area contributed by atoms with Crippen molar-refractivity contribution in [2.45, 2.75) is 39.2 Å². The minimum atomic E-state index is 0.620. The lowest BCUT2D eigenvalue weighted by Gasteiger charge is -2.37. The zero-order valence-corrected chi connectivity index (χ0v) is 8.58. The van der Waals surface area contributed by atoms with Gasteiger partial charge in [-0.2, -0.15) is 0 Å². The van der Waals surface area contributed by atoms with Gasteiger partial charge < -0.3 is 4.90 Å². The lowest BCUT2D eigenvalue weighted by Crippen LogP contribution is -2.39.